The van der Waals surface area contributed by atoms with Crippen LogP contribution in [0.2, 0.25) is 0 Å². The van der Waals surface area contributed by atoms with Gasteiger partial charge in [0.25, 0.3) is 0 Å². The van der Waals surface area contributed by atoms with Gasteiger partial charge in [-0.2, -0.15) is 15.8 Å². The molecule has 24 rings (SSSR count). The lowest BCUT2D eigenvalue weighted by Crippen LogP contribution is -2.13. The zero-order valence-corrected chi connectivity index (χ0v) is 81.0. The Hall–Kier alpha value is -19.8. The number of hydrogen-bond acceptors (Lipinski definition) is 7. The first-order valence-corrected chi connectivity index (χ1v) is 48.9. The van der Waals surface area contributed by atoms with Crippen molar-refractivity contribution in [3.05, 3.63) is 535 Å². The summed E-state index contributed by atoms with van der Waals surface area (Å²) in [6.07, 6.45) is 0. The predicted molar refractivity (Wildman–Crippen MR) is 602 cm³/mol. The van der Waals surface area contributed by atoms with Crippen LogP contribution < -0.4 is 19.6 Å². The summed E-state index contributed by atoms with van der Waals surface area (Å²) in [4.78, 5) is 12.0. The van der Waals surface area contributed by atoms with E-state index in [1.807, 2.05) is 155 Å². The summed E-state index contributed by atoms with van der Waals surface area (Å²) >= 11 is 0. The Balaban J connectivity index is 0.000000163. The van der Waals surface area contributed by atoms with E-state index in [1.54, 1.807) is 0 Å². The van der Waals surface area contributed by atoms with Gasteiger partial charge in [0.2, 0.25) is 0 Å². The molecule has 0 aliphatic heterocycles. The molecule has 12 heteroatoms. The fourth-order valence-electron chi connectivity index (χ4n) is 20.9. The maximum atomic E-state index is 15.6. The Morgan fingerprint density at radius 2 is 0.432 bits per heavy atom. The molecule has 0 amide bonds. The third kappa shape index (κ3) is 17.7. The second kappa shape index (κ2) is 38.9. The Bertz CT molecular complexity index is 8760. The van der Waals surface area contributed by atoms with E-state index in [0.717, 1.165) is 222 Å². The van der Waals surface area contributed by atoms with Gasteiger partial charge in [0.1, 0.15) is 35.4 Å². The zero-order valence-electron chi connectivity index (χ0n) is 81.0. The summed E-state index contributed by atoms with van der Waals surface area (Å²) < 4.78 is 62.5. The minimum absolute atomic E-state index is 0.311. The summed E-state index contributed by atoms with van der Waals surface area (Å²) in [5.41, 5.74) is 30.9. The van der Waals surface area contributed by atoms with Crippen molar-refractivity contribution in [1.82, 2.24) is 0 Å². The molecule has 0 radical (unpaired) electrons. The van der Waals surface area contributed by atoms with Crippen LogP contribution in [0, 0.1) is 91.5 Å². The van der Waals surface area contributed by atoms with Crippen LogP contribution in [-0.2, 0) is 0 Å². The minimum atomic E-state index is -0.702. The van der Waals surface area contributed by atoms with Crippen molar-refractivity contribution in [2.24, 2.45) is 0 Å². The molecule has 0 N–H and O–H groups in total. The molecule has 8 nitrogen and oxygen atoms in total. The summed E-state index contributed by atoms with van der Waals surface area (Å²) in [6.45, 7) is 15.8. The summed E-state index contributed by atoms with van der Waals surface area (Å²) in [6, 6.07) is 159. The molecule has 24 aromatic rings. The number of nitrogens with zero attached hydrogens (tertiary/aromatic N) is 8. The van der Waals surface area contributed by atoms with E-state index < -0.39 is 23.3 Å². The van der Waals surface area contributed by atoms with Gasteiger partial charge in [0, 0.05) is 56.4 Å². The molecule has 0 aromatic heterocycles. The molecule has 24 aromatic carbocycles. The number of halogens is 4. The van der Waals surface area contributed by atoms with Gasteiger partial charge >= 0.3 is 0 Å². The van der Waals surface area contributed by atoms with Gasteiger partial charge < -0.3 is 19.6 Å². The van der Waals surface area contributed by atoms with E-state index >= 15 is 17.6 Å². The number of anilines is 12. The molecule has 0 atom stereocenters. The van der Waals surface area contributed by atoms with Crippen LogP contribution >= 0.6 is 0 Å². The molecule has 700 valence electrons. The Labute approximate surface area is 855 Å². The first-order valence-electron chi connectivity index (χ1n) is 48.9. The zero-order chi connectivity index (χ0) is 101. The van der Waals surface area contributed by atoms with Crippen LogP contribution in [0.4, 0.5) is 91.5 Å². The number of para-hydroxylation sites is 2. The highest BCUT2D eigenvalue weighted by Gasteiger charge is 2.30. The quantitative estimate of drug-likeness (QED) is 0.0427. The maximum absolute atomic E-state index is 15.6. The molecule has 0 saturated carbocycles. The Morgan fingerprint density at radius 1 is 0.203 bits per heavy atom. The number of nitriles is 3. The topological polar surface area (TPSA) is 88.7 Å². The first kappa shape index (κ1) is 92.0. The average Bonchev–Trinajstić information content (AvgIpc) is 0.717. The van der Waals surface area contributed by atoms with Crippen molar-refractivity contribution in [3.8, 4) is 107 Å². The number of benzene rings is 24. The van der Waals surface area contributed by atoms with Crippen LogP contribution in [-0.4, -0.2) is 0 Å². The molecule has 0 aliphatic rings. The van der Waals surface area contributed by atoms with E-state index in [4.69, 9.17) is 6.57 Å². The first-order chi connectivity index (χ1) is 72.4. The molecule has 0 saturated heterocycles. The molecule has 0 bridgehead atoms. The second-order valence-corrected chi connectivity index (χ2v) is 37.7. The lowest BCUT2D eigenvalue weighted by molar-refractivity contribution is 0.583. The fourth-order valence-corrected chi connectivity index (χ4v) is 20.9. The number of hydrogen-bond donors (Lipinski definition) is 0. The van der Waals surface area contributed by atoms with Crippen molar-refractivity contribution in [3.63, 3.8) is 0 Å². The monoisotopic (exact) mass is 1910 g/mol. The SMILES string of the molecule is Cc1ccc(-c2cc(-c3ccc(C)cc3)cc(N(c3cc(F)cc(F)c3)c3ccc4ccc5c(N(c6cc(F)cc(F)c6)c6cc(-c7ccc(C)cc7)cc(-c7ccc(C)cc7)c6)ccc6ccc3c4c65)c2)cc1.[C-]#[N+]c1ccc(-c2cc(-c3ccccc3)cc(N(c3ccccc3C#N)c3ccc4ccc5c(N(c6cc(-c7ccccc7)cc(-c7ccc(C#N)cc7)c6)c6ccccc6C#N)ccc6ccc3c4c65)c2)cc1. The molecule has 0 spiro atoms. The summed E-state index contributed by atoms with van der Waals surface area (Å²) in [7, 11) is 0. The van der Waals surface area contributed by atoms with Crippen LogP contribution in [0.25, 0.3) is 158 Å². The van der Waals surface area contributed by atoms with Gasteiger partial charge in [-0.05, 0) is 318 Å². The van der Waals surface area contributed by atoms with E-state index in [9.17, 15) is 15.8 Å². The Kier molecular flexibility index (Phi) is 24.2. The van der Waals surface area contributed by atoms with Gasteiger partial charge in [-0.15, -0.1) is 0 Å². The molecule has 0 fully saturated rings. The van der Waals surface area contributed by atoms with Gasteiger partial charge in [0.15, 0.2) is 5.69 Å². The molecule has 0 unspecified atom stereocenters. The third-order valence-electron chi connectivity index (χ3n) is 28.1. The largest absolute Gasteiger partial charge is 0.310 e. The highest BCUT2D eigenvalue weighted by Crippen LogP contribution is 2.55. The molecule has 0 heterocycles. The Morgan fingerprint density at radius 3 is 0.703 bits per heavy atom. The highest BCUT2D eigenvalue weighted by atomic mass is 19.1. The summed E-state index contributed by atoms with van der Waals surface area (Å²) in [5, 5.41) is 42.9. The number of rotatable bonds is 20. The van der Waals surface area contributed by atoms with Gasteiger partial charge in [-0.25, -0.2) is 22.4 Å². The highest BCUT2D eigenvalue weighted by molar-refractivity contribution is 6.30. The van der Waals surface area contributed by atoms with Crippen molar-refractivity contribution in [2.45, 2.75) is 27.7 Å². The van der Waals surface area contributed by atoms with Crippen LogP contribution in [0.5, 0.6) is 0 Å². The smallest absolute Gasteiger partial charge is 0.187 e. The van der Waals surface area contributed by atoms with Crippen molar-refractivity contribution < 1.29 is 17.6 Å². The standard InChI is InChI=1S/C68H48F4N2.C68H40N6/c1-41-5-13-45(14-6-41)51-29-52(46-15-7-42(2)8-16-46)32-59(31-51)73(61-37-55(69)35-56(70)38-61)65-27-23-49-22-26-64-66(28-24-50-21-25-63(65)67(49)68(50)64)74(62-39-57(71)36-58(72)40-62)60-33-53(47-17-9-43(3)10-18-47)30-54(34-60)48-19-11-44(4)12-20-48;1-72-58-30-24-49(25-31-58)57-37-55(47-14-6-3-7-15-47)39-60(41-57)74(64-19-11-9-17-53(64)44-71)66-35-29-51-26-32-61-65(34-28-50-27-33-62(66)68(51)67(50)61)73(63-18-10-8-16-52(63)43-70)59-38-54(46-12-4-2-5-13-46)36-56(40-59)48-22-20-45(42-69)21-23-48/h5-40H,1-4H3;2-41H. The third-order valence-corrected chi connectivity index (χ3v) is 28.1. The lowest BCUT2D eigenvalue weighted by atomic mass is 9.91. The molecule has 148 heavy (non-hydrogen) atoms. The van der Waals surface area contributed by atoms with E-state index in [1.165, 1.54) is 24.3 Å². The van der Waals surface area contributed by atoms with Gasteiger partial charge in [-0.3, -0.25) is 0 Å². The normalized spacial score (nSPS) is 11.2. The average molecular weight is 1910 g/mol. The van der Waals surface area contributed by atoms with Crippen LogP contribution in [0.3, 0.4) is 0 Å². The maximum Gasteiger partial charge on any atom is 0.187 e. The van der Waals surface area contributed by atoms with Crippen LogP contribution in [0.1, 0.15) is 38.9 Å². The second-order valence-electron chi connectivity index (χ2n) is 37.7. The van der Waals surface area contributed by atoms with Gasteiger partial charge in [0.05, 0.1) is 74.8 Å². The predicted octanol–water partition coefficient (Wildman–Crippen LogP) is 38.3. The van der Waals surface area contributed by atoms with E-state index in [0.29, 0.717) is 56.5 Å². The van der Waals surface area contributed by atoms with Crippen molar-refractivity contribution >= 4 is 139 Å². The van der Waals surface area contributed by atoms with E-state index in [-0.39, 0.29) is 0 Å². The number of aryl methyl sites for hydroxylation is 4. The van der Waals surface area contributed by atoms with Crippen molar-refractivity contribution in [1.29, 1.82) is 15.8 Å². The van der Waals surface area contributed by atoms with Gasteiger partial charge in [-0.1, -0.05) is 313 Å². The fraction of sp³-hybridized carbons (Fsp3) is 0.0294. The van der Waals surface area contributed by atoms with E-state index in [2.05, 4.69) is 340 Å². The minimum Gasteiger partial charge on any atom is -0.310 e. The molecular weight excluding hydrogens is 1820 g/mol. The van der Waals surface area contributed by atoms with Crippen molar-refractivity contribution in [2.75, 3.05) is 19.6 Å². The lowest BCUT2D eigenvalue weighted by Gasteiger charge is -2.31. The summed E-state index contributed by atoms with van der Waals surface area (Å²) in [5.74, 6) is -2.81. The molecule has 0 aliphatic carbocycles. The molecular formula is C136H88F4N8. The van der Waals surface area contributed by atoms with Crippen LogP contribution in [0.15, 0.2) is 461 Å².